The molecule has 1 fully saturated rings. The maximum atomic E-state index is 13.6. The molecule has 0 unspecified atom stereocenters. The number of carbonyl (C=O) groups excluding carboxylic acids is 3. The number of nitrogens with one attached hydrogen (secondary N) is 2. The van der Waals surface area contributed by atoms with Crippen molar-refractivity contribution in [2.45, 2.75) is 58.9 Å². The third-order valence-corrected chi connectivity index (χ3v) is 6.91. The molecule has 2 amide bonds. The van der Waals surface area contributed by atoms with Gasteiger partial charge in [-0.25, -0.2) is 9.37 Å². The minimum absolute atomic E-state index is 0.143. The van der Waals surface area contributed by atoms with Crippen LogP contribution in [0.15, 0.2) is 28.9 Å². The van der Waals surface area contributed by atoms with Gasteiger partial charge in [-0.2, -0.15) is 0 Å². The first-order valence-electron chi connectivity index (χ1n) is 11.6. The number of hydrogen-bond acceptors (Lipinski definition) is 5. The second kappa shape index (κ2) is 9.13. The zero-order valence-electron chi connectivity index (χ0n) is 20.5. The van der Waals surface area contributed by atoms with E-state index in [1.165, 1.54) is 24.5 Å². The Morgan fingerprint density at radius 2 is 1.80 bits per heavy atom. The van der Waals surface area contributed by atoms with E-state index in [4.69, 9.17) is 4.42 Å². The molecule has 0 radical (unpaired) electrons. The smallest absolute Gasteiger partial charge is 0.294 e. The highest BCUT2D eigenvalue weighted by molar-refractivity contribution is 6.43. The second-order valence-corrected chi connectivity index (χ2v) is 9.24. The number of carbonyl (C=O) groups is 3. The van der Waals surface area contributed by atoms with Gasteiger partial charge in [-0.3, -0.25) is 14.4 Å². The van der Waals surface area contributed by atoms with Gasteiger partial charge in [0.05, 0.1) is 16.8 Å². The number of nitrogens with zero attached hydrogens (tertiary/aromatic N) is 2. The number of benzene rings is 1. The highest BCUT2D eigenvalue weighted by Crippen LogP contribution is 2.38. The number of Topliss-reactive ketones (excluding diaryl/α,β-unsaturated/α-hetero) is 1. The monoisotopic (exact) mass is 480 g/mol. The van der Waals surface area contributed by atoms with Crippen molar-refractivity contribution < 1.29 is 23.2 Å². The molecule has 1 aliphatic rings. The summed E-state index contributed by atoms with van der Waals surface area (Å²) < 4.78 is 20.5. The first kappa shape index (κ1) is 24.4. The Labute approximate surface area is 202 Å². The van der Waals surface area contributed by atoms with Crippen molar-refractivity contribution >= 4 is 23.3 Å². The van der Waals surface area contributed by atoms with Gasteiger partial charge in [0.25, 0.3) is 17.6 Å². The van der Waals surface area contributed by atoms with Crippen LogP contribution < -0.4 is 10.6 Å². The average molecular weight is 481 g/mol. The van der Waals surface area contributed by atoms with E-state index in [1.54, 1.807) is 39.3 Å². The Balaban J connectivity index is 1.60. The number of amides is 2. The highest BCUT2D eigenvalue weighted by atomic mass is 19.1. The van der Waals surface area contributed by atoms with Crippen LogP contribution in [0.1, 0.15) is 74.9 Å². The Morgan fingerprint density at radius 3 is 2.40 bits per heavy atom. The first-order chi connectivity index (χ1) is 16.5. The van der Waals surface area contributed by atoms with E-state index < -0.39 is 23.1 Å². The average Bonchev–Trinajstić information content (AvgIpc) is 3.50. The second-order valence-electron chi connectivity index (χ2n) is 9.24. The third kappa shape index (κ3) is 4.38. The zero-order chi connectivity index (χ0) is 25.5. The molecule has 8 nitrogen and oxygen atoms in total. The summed E-state index contributed by atoms with van der Waals surface area (Å²) in [6.07, 6.45) is 4.65. The standard InChI is InChI=1S/C26H29FN4O4/c1-14-12-18(8-9-19(14)27)29-24(33)21-15(2)22(31(5)16(21)3)23(32)25(34)30-26(10-6-7-11-26)20-13-35-17(4)28-20/h8-9,12-13H,6-7,10-11H2,1-5H3,(H,29,33)(H,30,34). The maximum absolute atomic E-state index is 13.6. The van der Waals surface area contributed by atoms with E-state index in [9.17, 15) is 18.8 Å². The summed E-state index contributed by atoms with van der Waals surface area (Å²) in [6, 6.07) is 4.29. The predicted molar refractivity (Wildman–Crippen MR) is 128 cm³/mol. The van der Waals surface area contributed by atoms with Crippen LogP contribution >= 0.6 is 0 Å². The maximum Gasteiger partial charge on any atom is 0.294 e. The van der Waals surface area contributed by atoms with E-state index in [0.717, 1.165) is 12.8 Å². The molecule has 9 heteroatoms. The van der Waals surface area contributed by atoms with Gasteiger partial charge < -0.3 is 19.6 Å². The summed E-state index contributed by atoms with van der Waals surface area (Å²) >= 11 is 0. The van der Waals surface area contributed by atoms with Gasteiger partial charge in [0.15, 0.2) is 5.89 Å². The Hall–Kier alpha value is -3.75. The van der Waals surface area contributed by atoms with Crippen LogP contribution in [0, 0.1) is 33.5 Å². The molecule has 0 spiro atoms. The molecule has 0 bridgehead atoms. The zero-order valence-corrected chi connectivity index (χ0v) is 20.5. The number of ketones is 1. The summed E-state index contributed by atoms with van der Waals surface area (Å²) in [5.74, 6) is -1.79. The fourth-order valence-corrected chi connectivity index (χ4v) is 4.94. The summed E-state index contributed by atoms with van der Waals surface area (Å²) in [5, 5.41) is 5.68. The molecule has 0 atom stereocenters. The molecule has 1 aromatic carbocycles. The lowest BCUT2D eigenvalue weighted by molar-refractivity contribution is -0.119. The van der Waals surface area contributed by atoms with Crippen molar-refractivity contribution in [1.82, 2.24) is 14.9 Å². The van der Waals surface area contributed by atoms with Gasteiger partial charge in [0.1, 0.15) is 17.8 Å². The van der Waals surface area contributed by atoms with Gasteiger partial charge >= 0.3 is 0 Å². The number of rotatable bonds is 6. The van der Waals surface area contributed by atoms with Crippen LogP contribution in [0.25, 0.3) is 0 Å². The summed E-state index contributed by atoms with van der Waals surface area (Å²) in [5.41, 5.74) is 2.09. The van der Waals surface area contributed by atoms with Crippen molar-refractivity contribution in [1.29, 1.82) is 0 Å². The number of anilines is 1. The topological polar surface area (TPSA) is 106 Å². The van der Waals surface area contributed by atoms with E-state index in [2.05, 4.69) is 15.6 Å². The van der Waals surface area contributed by atoms with Crippen LogP contribution in [0.4, 0.5) is 10.1 Å². The lowest BCUT2D eigenvalue weighted by atomic mass is 9.93. The minimum Gasteiger partial charge on any atom is -0.449 e. The molecule has 4 rings (SSSR count). The van der Waals surface area contributed by atoms with E-state index in [1.807, 2.05) is 0 Å². The van der Waals surface area contributed by atoms with Crippen molar-refractivity contribution in [2.24, 2.45) is 7.05 Å². The van der Waals surface area contributed by atoms with Crippen LogP contribution in [0.5, 0.6) is 0 Å². The largest absolute Gasteiger partial charge is 0.449 e. The normalized spacial score (nSPS) is 14.7. The number of hydrogen-bond donors (Lipinski definition) is 2. The van der Waals surface area contributed by atoms with Gasteiger partial charge in [-0.05, 0) is 62.9 Å². The third-order valence-electron chi connectivity index (χ3n) is 6.91. The van der Waals surface area contributed by atoms with Crippen LogP contribution in [0.2, 0.25) is 0 Å². The first-order valence-corrected chi connectivity index (χ1v) is 11.6. The molecule has 0 aliphatic heterocycles. The Kier molecular flexibility index (Phi) is 6.36. The van der Waals surface area contributed by atoms with Crippen molar-refractivity contribution in [3.63, 3.8) is 0 Å². The molecular weight excluding hydrogens is 451 g/mol. The highest BCUT2D eigenvalue weighted by Gasteiger charge is 2.41. The number of oxazole rings is 1. The Bertz CT molecular complexity index is 1330. The predicted octanol–water partition coefficient (Wildman–Crippen LogP) is 4.41. The Morgan fingerprint density at radius 1 is 1.11 bits per heavy atom. The number of halogens is 1. The van der Waals surface area contributed by atoms with Crippen LogP contribution in [-0.2, 0) is 17.4 Å². The fraction of sp³-hybridized carbons (Fsp3) is 0.385. The molecule has 2 heterocycles. The summed E-state index contributed by atoms with van der Waals surface area (Å²) in [6.45, 7) is 6.69. The lowest BCUT2D eigenvalue weighted by Crippen LogP contribution is -2.47. The molecular formula is C26H29FN4O4. The van der Waals surface area contributed by atoms with E-state index in [-0.39, 0.29) is 11.5 Å². The van der Waals surface area contributed by atoms with E-state index in [0.29, 0.717) is 52.5 Å². The van der Waals surface area contributed by atoms with Gasteiger partial charge in [-0.15, -0.1) is 0 Å². The molecule has 35 heavy (non-hydrogen) atoms. The van der Waals surface area contributed by atoms with Crippen LogP contribution in [0.3, 0.4) is 0 Å². The number of aryl methyl sites for hydroxylation is 2. The molecule has 2 aromatic heterocycles. The molecule has 1 aliphatic carbocycles. The van der Waals surface area contributed by atoms with Gasteiger partial charge in [0, 0.05) is 25.4 Å². The quantitative estimate of drug-likeness (QED) is 0.402. The fourth-order valence-electron chi connectivity index (χ4n) is 4.94. The molecule has 1 saturated carbocycles. The summed E-state index contributed by atoms with van der Waals surface area (Å²) in [7, 11) is 1.65. The molecule has 0 saturated heterocycles. The minimum atomic E-state index is -0.752. The van der Waals surface area contributed by atoms with Gasteiger partial charge in [-0.1, -0.05) is 12.8 Å². The van der Waals surface area contributed by atoms with E-state index >= 15 is 0 Å². The van der Waals surface area contributed by atoms with Crippen molar-refractivity contribution in [2.75, 3.05) is 5.32 Å². The lowest BCUT2D eigenvalue weighted by Gasteiger charge is -2.27. The summed E-state index contributed by atoms with van der Waals surface area (Å²) in [4.78, 5) is 44.0. The van der Waals surface area contributed by atoms with Gasteiger partial charge in [0.2, 0.25) is 0 Å². The van der Waals surface area contributed by atoms with Crippen molar-refractivity contribution in [3.8, 4) is 0 Å². The molecule has 3 aromatic rings. The molecule has 184 valence electrons. The molecule has 2 N–H and O–H groups in total. The number of aromatic nitrogens is 2. The van der Waals surface area contributed by atoms with Crippen molar-refractivity contribution in [3.05, 3.63) is 69.9 Å². The van der Waals surface area contributed by atoms with Crippen LogP contribution in [-0.4, -0.2) is 27.1 Å². The SMILES string of the molecule is Cc1nc(C2(NC(=O)C(=O)c3c(C)c(C(=O)Nc4ccc(F)c(C)c4)c(C)n3C)CCCC2)co1.